The smallest absolute Gasteiger partial charge is 0.0634 e. The Morgan fingerprint density at radius 1 is 0.291 bits per heavy atom. The van der Waals surface area contributed by atoms with Gasteiger partial charge < -0.3 is 0 Å². The molecule has 0 aliphatic heterocycles. The maximum atomic E-state index is 5.05. The molecule has 0 saturated heterocycles. The average molecular weight is 1180 g/mol. The van der Waals surface area contributed by atoms with Gasteiger partial charge in [0.25, 0.3) is 0 Å². The molecular weight excluding hydrogens is 1050 g/mol. The third-order valence-corrected chi connectivity index (χ3v) is 16.4. The van der Waals surface area contributed by atoms with Crippen LogP contribution in [0.15, 0.2) is 58.5 Å². The van der Waals surface area contributed by atoms with E-state index >= 15 is 0 Å². The first-order chi connectivity index (χ1) is 38.7. The number of benzene rings is 2. The van der Waals surface area contributed by atoms with E-state index in [4.69, 9.17) is 9.98 Å². The molecule has 0 spiro atoms. The van der Waals surface area contributed by atoms with E-state index in [1.165, 1.54) is 327 Å². The quantitative estimate of drug-likeness (QED) is 0.0273. The fourth-order valence-electron chi connectivity index (χ4n) is 11.1. The zero-order valence-corrected chi connectivity index (χ0v) is 54.4. The Labute approximate surface area is 507 Å². The summed E-state index contributed by atoms with van der Waals surface area (Å²) >= 11 is 0. The van der Waals surface area contributed by atoms with Gasteiger partial charge in [0.05, 0.1) is 17.1 Å². The normalized spacial score (nSPS) is 11.5. The molecular formula is C76H128N2Pd. The molecule has 0 fully saturated rings. The van der Waals surface area contributed by atoms with Gasteiger partial charge in [-0.15, -0.1) is 0 Å². The first-order valence-electron chi connectivity index (χ1n) is 35.0. The second-order valence-electron chi connectivity index (χ2n) is 24.1. The molecule has 0 aliphatic carbocycles. The predicted octanol–water partition coefficient (Wildman–Crippen LogP) is 26.4. The maximum absolute atomic E-state index is 5.05. The number of unbranched alkanes of at least 4 members (excludes halogenated alkanes) is 51. The SMILES string of the molecule is CCCCCCCCCCCCCCCCCCCCCCCCCCC#Cc1ccc(N=CC(CCCCCC)=Nc2ccc(C#CCCCCCCCCCCCCCCCCCCCCCCCCCC)cc2)cc1.[Pd]. The van der Waals surface area contributed by atoms with Gasteiger partial charge in [-0.25, -0.2) is 0 Å². The summed E-state index contributed by atoms with van der Waals surface area (Å²) in [4.78, 5) is 9.90. The minimum Gasteiger partial charge on any atom is -0.255 e. The van der Waals surface area contributed by atoms with Gasteiger partial charge in [-0.1, -0.05) is 359 Å². The van der Waals surface area contributed by atoms with Crippen LogP contribution < -0.4 is 0 Å². The fraction of sp³-hybridized carbons (Fsp3) is 0.763. The molecule has 0 amide bonds. The summed E-state index contributed by atoms with van der Waals surface area (Å²) in [5.41, 5.74) is 5.12. The molecule has 0 radical (unpaired) electrons. The number of nitrogens with zero attached hydrogens (tertiary/aromatic N) is 2. The Morgan fingerprint density at radius 2 is 0.519 bits per heavy atom. The zero-order valence-electron chi connectivity index (χ0n) is 52.8. The van der Waals surface area contributed by atoms with E-state index in [-0.39, 0.29) is 20.4 Å². The minimum absolute atomic E-state index is 0. The van der Waals surface area contributed by atoms with Crippen LogP contribution >= 0.6 is 0 Å². The van der Waals surface area contributed by atoms with Crippen molar-refractivity contribution in [3.05, 3.63) is 59.7 Å². The monoisotopic (exact) mass is 1170 g/mol. The third-order valence-electron chi connectivity index (χ3n) is 16.4. The van der Waals surface area contributed by atoms with Gasteiger partial charge in [0.15, 0.2) is 0 Å². The van der Waals surface area contributed by atoms with E-state index < -0.39 is 0 Å². The Bertz CT molecular complexity index is 1730. The molecule has 2 aromatic carbocycles. The van der Waals surface area contributed by atoms with Crippen LogP contribution in [0.5, 0.6) is 0 Å². The molecule has 0 bridgehead atoms. The Hall–Kier alpha value is -2.44. The van der Waals surface area contributed by atoms with Crippen molar-refractivity contribution < 1.29 is 20.4 Å². The van der Waals surface area contributed by atoms with Crippen LogP contribution in [0.25, 0.3) is 0 Å². The van der Waals surface area contributed by atoms with E-state index in [9.17, 15) is 0 Å². The molecule has 0 N–H and O–H groups in total. The second kappa shape index (κ2) is 61.6. The van der Waals surface area contributed by atoms with Gasteiger partial charge in [-0.2, -0.15) is 0 Å². The van der Waals surface area contributed by atoms with Gasteiger partial charge >= 0.3 is 0 Å². The molecule has 0 saturated carbocycles. The van der Waals surface area contributed by atoms with E-state index in [1.807, 2.05) is 6.21 Å². The van der Waals surface area contributed by atoms with Crippen LogP contribution in [0.1, 0.15) is 385 Å². The van der Waals surface area contributed by atoms with Crippen LogP contribution in [0, 0.1) is 23.7 Å². The van der Waals surface area contributed by atoms with Gasteiger partial charge in [0.1, 0.15) is 0 Å². The summed E-state index contributed by atoms with van der Waals surface area (Å²) in [5, 5.41) is 0. The molecule has 2 aromatic rings. The molecule has 79 heavy (non-hydrogen) atoms. The third kappa shape index (κ3) is 52.1. The van der Waals surface area contributed by atoms with Gasteiger partial charge in [-0.3, -0.25) is 9.98 Å². The summed E-state index contributed by atoms with van der Waals surface area (Å²) < 4.78 is 0. The van der Waals surface area contributed by atoms with Crippen molar-refractivity contribution in [2.75, 3.05) is 0 Å². The number of hydrogen-bond donors (Lipinski definition) is 0. The van der Waals surface area contributed by atoms with Crippen molar-refractivity contribution in [3.63, 3.8) is 0 Å². The van der Waals surface area contributed by atoms with E-state index in [2.05, 4.69) is 93.0 Å². The van der Waals surface area contributed by atoms with E-state index in [0.717, 1.165) is 53.9 Å². The Morgan fingerprint density at radius 3 is 0.785 bits per heavy atom. The van der Waals surface area contributed by atoms with Crippen molar-refractivity contribution in [2.45, 2.75) is 374 Å². The number of aliphatic imine (C=N–C) groups is 2. The van der Waals surface area contributed by atoms with Crippen molar-refractivity contribution >= 4 is 23.3 Å². The molecule has 0 aromatic heterocycles. The topological polar surface area (TPSA) is 24.7 Å². The van der Waals surface area contributed by atoms with Crippen molar-refractivity contribution in [1.82, 2.24) is 0 Å². The summed E-state index contributed by atoms with van der Waals surface area (Å²) in [6.07, 6.45) is 78.4. The summed E-state index contributed by atoms with van der Waals surface area (Å²) in [6, 6.07) is 16.9. The Kier molecular flexibility index (Phi) is 58.2. The first kappa shape index (κ1) is 74.6. The molecule has 0 aliphatic rings. The summed E-state index contributed by atoms with van der Waals surface area (Å²) in [5.74, 6) is 13.7. The standard InChI is InChI=1S/C76H128N2.Pd/c1-4-7-10-13-15-17-19-21-23-25-27-29-31-33-35-37-39-41-43-45-47-49-51-53-55-57-60-72-63-67-74(68-64-72)77-71-76(62-59-12-9-6-3)78-75-69-65-73(66-70-75)61-58-56-54-52-50-48-46-44-42-40-38-36-34-32-30-28-26-24-22-20-18-16-14-11-8-5-2;/h63-71H,4-56,59,62H2,1-3H3;. The second-order valence-corrected chi connectivity index (χ2v) is 24.1. The number of hydrogen-bond acceptors (Lipinski definition) is 2. The van der Waals surface area contributed by atoms with Crippen LogP contribution in [0.2, 0.25) is 0 Å². The van der Waals surface area contributed by atoms with E-state index in [1.54, 1.807) is 0 Å². The molecule has 0 unspecified atom stereocenters. The average Bonchev–Trinajstić information content (AvgIpc) is 3.46. The molecule has 3 heteroatoms. The molecule has 0 atom stereocenters. The summed E-state index contributed by atoms with van der Waals surface area (Å²) in [7, 11) is 0. The van der Waals surface area contributed by atoms with Gasteiger partial charge in [0, 0.05) is 50.6 Å². The van der Waals surface area contributed by atoms with Crippen LogP contribution in [0.3, 0.4) is 0 Å². The predicted molar refractivity (Wildman–Crippen MR) is 353 cm³/mol. The van der Waals surface area contributed by atoms with Crippen molar-refractivity contribution in [2.24, 2.45) is 9.98 Å². The maximum Gasteiger partial charge on any atom is 0.0634 e. The molecule has 2 nitrogen and oxygen atoms in total. The Balaban J connectivity index is 0.0000312. The minimum atomic E-state index is 0. The van der Waals surface area contributed by atoms with E-state index in [0.29, 0.717) is 0 Å². The van der Waals surface area contributed by atoms with Gasteiger partial charge in [0.2, 0.25) is 0 Å². The van der Waals surface area contributed by atoms with Crippen LogP contribution in [-0.2, 0) is 20.4 Å². The molecule has 452 valence electrons. The van der Waals surface area contributed by atoms with Gasteiger partial charge in [-0.05, 0) is 74.2 Å². The fourth-order valence-corrected chi connectivity index (χ4v) is 11.1. The zero-order chi connectivity index (χ0) is 55.4. The van der Waals surface area contributed by atoms with Crippen LogP contribution in [-0.4, -0.2) is 11.9 Å². The van der Waals surface area contributed by atoms with Crippen molar-refractivity contribution in [1.29, 1.82) is 0 Å². The van der Waals surface area contributed by atoms with Crippen LogP contribution in [0.4, 0.5) is 11.4 Å². The number of rotatable bonds is 56. The first-order valence-corrected chi connectivity index (χ1v) is 35.0. The largest absolute Gasteiger partial charge is 0.255 e. The molecule has 2 rings (SSSR count). The molecule has 0 heterocycles. The van der Waals surface area contributed by atoms with Crippen molar-refractivity contribution in [3.8, 4) is 23.7 Å². The summed E-state index contributed by atoms with van der Waals surface area (Å²) in [6.45, 7) is 6.88.